The van der Waals surface area contributed by atoms with Crippen molar-refractivity contribution in [2.24, 2.45) is 0 Å². The largest absolute Gasteiger partial charge is 0.492 e. The van der Waals surface area contributed by atoms with Crippen molar-refractivity contribution in [3.05, 3.63) is 44.7 Å². The molecule has 2 aromatic heterocycles. The molecule has 1 aliphatic heterocycles. The number of carbonyl (C=O) groups is 1. The molecular formula is C21H22ClFN6O4. The average Bonchev–Trinajstić information content (AvgIpc) is 3.14. The number of aromatic amines is 1. The third-order valence-corrected chi connectivity index (χ3v) is 5.70. The minimum atomic E-state index is -0.745. The first kappa shape index (κ1) is 22.7. The van der Waals surface area contributed by atoms with E-state index in [1.165, 1.54) is 18.1 Å². The topological polar surface area (TPSA) is 122 Å². The predicted molar refractivity (Wildman–Crippen MR) is 121 cm³/mol. The van der Waals surface area contributed by atoms with Crippen LogP contribution in [0.4, 0.5) is 21.1 Å². The van der Waals surface area contributed by atoms with Gasteiger partial charge in [0.25, 0.3) is 5.56 Å². The second kappa shape index (κ2) is 8.81. The Morgan fingerprint density at radius 1 is 1.36 bits per heavy atom. The third-order valence-electron chi connectivity index (χ3n) is 5.42. The SMILES string of the molecule is CC[C@H]1COC(=O)N1c1nc(C)nc(N[C@@H](C)c2cc3cc(Cl)c(OC)c(F)c3[nH]c2=O)n1. The number of amides is 1. The zero-order valence-electron chi connectivity index (χ0n) is 18.4. The standard InChI is InChI=1S/C21H22ClFN6O4/c1-5-12-8-33-21(31)29(12)20-26-10(3)25-19(28-20)24-9(2)13-6-11-7-14(22)17(32-4)15(23)16(11)27-18(13)30/h6-7,9,12H,5,8H2,1-4H3,(H,27,30)(H,24,25,26,28)/t9-,12-/m0/s1. The molecule has 1 saturated heterocycles. The summed E-state index contributed by atoms with van der Waals surface area (Å²) in [5.74, 6) is -0.154. The molecule has 2 N–H and O–H groups in total. The fraction of sp³-hybridized carbons (Fsp3) is 0.381. The number of nitrogens with zero attached hydrogens (tertiary/aromatic N) is 4. The number of rotatable bonds is 6. The number of fused-ring (bicyclic) bond motifs is 1. The van der Waals surface area contributed by atoms with Crippen LogP contribution in [0, 0.1) is 12.7 Å². The number of benzene rings is 1. The van der Waals surface area contributed by atoms with E-state index in [1.54, 1.807) is 19.9 Å². The quantitative estimate of drug-likeness (QED) is 0.551. The van der Waals surface area contributed by atoms with Crippen LogP contribution in [0.1, 0.15) is 37.7 Å². The molecule has 1 aromatic carbocycles. The highest BCUT2D eigenvalue weighted by atomic mass is 35.5. The third kappa shape index (κ3) is 4.15. The van der Waals surface area contributed by atoms with E-state index in [4.69, 9.17) is 21.1 Å². The minimum Gasteiger partial charge on any atom is -0.492 e. The molecule has 3 aromatic rings. The summed E-state index contributed by atoms with van der Waals surface area (Å²) in [4.78, 5) is 41.7. The second-order valence-corrected chi connectivity index (χ2v) is 8.01. The van der Waals surface area contributed by atoms with Crippen molar-refractivity contribution >= 4 is 40.5 Å². The molecule has 174 valence electrons. The molecule has 2 atom stereocenters. The summed E-state index contributed by atoms with van der Waals surface area (Å²) < 4.78 is 24.7. The number of halogens is 2. The smallest absolute Gasteiger partial charge is 0.417 e. The van der Waals surface area contributed by atoms with E-state index in [2.05, 4.69) is 25.3 Å². The number of aryl methyl sites for hydroxylation is 1. The number of hydrogen-bond donors (Lipinski definition) is 2. The van der Waals surface area contributed by atoms with Gasteiger partial charge in [-0.05, 0) is 32.4 Å². The first-order chi connectivity index (χ1) is 15.7. The Balaban J connectivity index is 1.68. The Morgan fingerprint density at radius 3 is 2.82 bits per heavy atom. The molecule has 3 heterocycles. The van der Waals surface area contributed by atoms with Gasteiger partial charge in [0, 0.05) is 10.9 Å². The molecule has 0 saturated carbocycles. The Morgan fingerprint density at radius 2 is 2.12 bits per heavy atom. The van der Waals surface area contributed by atoms with Crippen molar-refractivity contribution in [1.82, 2.24) is 19.9 Å². The van der Waals surface area contributed by atoms with Crippen LogP contribution in [0.3, 0.4) is 0 Å². The summed E-state index contributed by atoms with van der Waals surface area (Å²) in [6.07, 6.45) is 0.151. The number of carbonyl (C=O) groups excluding carboxylic acids is 1. The van der Waals surface area contributed by atoms with E-state index in [0.29, 0.717) is 23.2 Å². The number of methoxy groups -OCH3 is 1. The van der Waals surface area contributed by atoms with E-state index < -0.39 is 23.5 Å². The molecule has 0 bridgehead atoms. The van der Waals surface area contributed by atoms with E-state index in [0.717, 1.165) is 0 Å². The molecule has 12 heteroatoms. The van der Waals surface area contributed by atoms with Gasteiger partial charge in [-0.1, -0.05) is 18.5 Å². The van der Waals surface area contributed by atoms with Gasteiger partial charge < -0.3 is 19.8 Å². The lowest BCUT2D eigenvalue weighted by Gasteiger charge is -2.20. The van der Waals surface area contributed by atoms with Gasteiger partial charge >= 0.3 is 6.09 Å². The Kier molecular flexibility index (Phi) is 6.07. The summed E-state index contributed by atoms with van der Waals surface area (Å²) in [5.41, 5.74) is -0.186. The Labute approximate surface area is 193 Å². The van der Waals surface area contributed by atoms with Crippen molar-refractivity contribution in [2.45, 2.75) is 39.3 Å². The van der Waals surface area contributed by atoms with E-state index in [9.17, 15) is 14.0 Å². The molecule has 1 fully saturated rings. The van der Waals surface area contributed by atoms with Crippen molar-refractivity contribution in [2.75, 3.05) is 23.9 Å². The number of pyridine rings is 1. The molecule has 0 radical (unpaired) electrons. The minimum absolute atomic E-state index is 0.00588. The maximum atomic E-state index is 14.7. The van der Waals surface area contributed by atoms with Crippen LogP contribution >= 0.6 is 11.6 Å². The summed E-state index contributed by atoms with van der Waals surface area (Å²) >= 11 is 6.10. The number of aromatic nitrogens is 4. The summed E-state index contributed by atoms with van der Waals surface area (Å²) in [7, 11) is 1.30. The van der Waals surface area contributed by atoms with Crippen molar-refractivity contribution in [1.29, 1.82) is 0 Å². The van der Waals surface area contributed by atoms with Crippen molar-refractivity contribution in [3.8, 4) is 5.75 Å². The molecule has 1 aliphatic rings. The first-order valence-electron chi connectivity index (χ1n) is 10.3. The van der Waals surface area contributed by atoms with Gasteiger partial charge in [0.15, 0.2) is 11.6 Å². The number of anilines is 2. The molecule has 33 heavy (non-hydrogen) atoms. The average molecular weight is 477 g/mol. The second-order valence-electron chi connectivity index (χ2n) is 7.60. The molecule has 0 aliphatic carbocycles. The number of H-pyrrole nitrogens is 1. The molecule has 10 nitrogen and oxygen atoms in total. The molecule has 4 rings (SSSR count). The number of nitrogens with one attached hydrogen (secondary N) is 2. The highest BCUT2D eigenvalue weighted by Gasteiger charge is 2.35. The van der Waals surface area contributed by atoms with Crippen LogP contribution in [0.15, 0.2) is 16.9 Å². The van der Waals surface area contributed by atoms with Gasteiger partial charge in [-0.3, -0.25) is 4.79 Å². The first-order valence-corrected chi connectivity index (χ1v) is 10.6. The van der Waals surface area contributed by atoms with Crippen LogP contribution in [0.2, 0.25) is 5.02 Å². The normalized spacial score (nSPS) is 16.7. The van der Waals surface area contributed by atoms with Gasteiger partial charge in [0.2, 0.25) is 11.9 Å². The van der Waals surface area contributed by atoms with Gasteiger partial charge in [-0.15, -0.1) is 0 Å². The summed E-state index contributed by atoms with van der Waals surface area (Å²) in [6.45, 7) is 5.60. The maximum Gasteiger partial charge on any atom is 0.417 e. The highest BCUT2D eigenvalue weighted by molar-refractivity contribution is 6.32. The number of ether oxygens (including phenoxy) is 2. The van der Waals surface area contributed by atoms with E-state index in [-0.39, 0.29) is 40.8 Å². The van der Waals surface area contributed by atoms with Crippen LogP contribution in [0.5, 0.6) is 5.75 Å². The fourth-order valence-electron chi connectivity index (χ4n) is 3.71. The Bertz CT molecular complexity index is 1300. The molecule has 0 unspecified atom stereocenters. The Hall–Kier alpha value is -3.47. The van der Waals surface area contributed by atoms with Crippen LogP contribution < -0.4 is 20.5 Å². The lowest BCUT2D eigenvalue weighted by atomic mass is 10.1. The lowest BCUT2D eigenvalue weighted by molar-refractivity contribution is 0.178. The summed E-state index contributed by atoms with van der Waals surface area (Å²) in [6, 6.07) is 2.31. The number of cyclic esters (lactones) is 1. The van der Waals surface area contributed by atoms with Gasteiger partial charge in [0.1, 0.15) is 12.4 Å². The van der Waals surface area contributed by atoms with E-state index >= 15 is 0 Å². The molecule has 0 spiro atoms. The summed E-state index contributed by atoms with van der Waals surface area (Å²) in [5, 5.41) is 3.54. The molecular weight excluding hydrogens is 455 g/mol. The van der Waals surface area contributed by atoms with Crippen LogP contribution in [-0.4, -0.2) is 45.8 Å². The fourth-order valence-corrected chi connectivity index (χ4v) is 3.98. The highest BCUT2D eigenvalue weighted by Crippen LogP contribution is 2.33. The number of hydrogen-bond acceptors (Lipinski definition) is 8. The van der Waals surface area contributed by atoms with Gasteiger partial charge in [0.05, 0.1) is 29.7 Å². The van der Waals surface area contributed by atoms with Gasteiger partial charge in [-0.25, -0.2) is 14.1 Å². The van der Waals surface area contributed by atoms with Crippen molar-refractivity contribution in [3.63, 3.8) is 0 Å². The van der Waals surface area contributed by atoms with Crippen LogP contribution in [0.25, 0.3) is 10.9 Å². The van der Waals surface area contributed by atoms with Crippen LogP contribution in [-0.2, 0) is 4.74 Å². The maximum absolute atomic E-state index is 14.7. The predicted octanol–water partition coefficient (Wildman–Crippen LogP) is 3.73. The zero-order chi connectivity index (χ0) is 23.9. The van der Waals surface area contributed by atoms with E-state index in [1.807, 2.05) is 6.92 Å². The van der Waals surface area contributed by atoms with Crippen molar-refractivity contribution < 1.29 is 18.7 Å². The monoisotopic (exact) mass is 476 g/mol. The van der Waals surface area contributed by atoms with Gasteiger partial charge in [-0.2, -0.15) is 15.0 Å². The zero-order valence-corrected chi connectivity index (χ0v) is 19.2. The molecule has 1 amide bonds. The lowest BCUT2D eigenvalue weighted by Crippen LogP contribution is -2.35.